The van der Waals surface area contributed by atoms with Crippen molar-refractivity contribution in [3.63, 3.8) is 0 Å². The number of imide groups is 1. The summed E-state index contributed by atoms with van der Waals surface area (Å²) >= 11 is 0. The van der Waals surface area contributed by atoms with Crippen LogP contribution in [0.15, 0.2) is 36.4 Å². The third-order valence-corrected chi connectivity index (χ3v) is 5.93. The SMILES string of the molecule is CCOc1cc(C(CS(C)(=O)=O)N2C(=O)c3cccc(NC(=O)CO)c3C2=O)ccc1OC. The maximum Gasteiger partial charge on any atom is 0.264 e. The quantitative estimate of drug-likeness (QED) is 0.518. The molecule has 33 heavy (non-hydrogen) atoms. The van der Waals surface area contributed by atoms with E-state index in [9.17, 15) is 22.8 Å². The van der Waals surface area contributed by atoms with Crippen molar-refractivity contribution in [3.05, 3.63) is 53.1 Å². The Morgan fingerprint density at radius 1 is 1.15 bits per heavy atom. The maximum atomic E-state index is 13.4. The van der Waals surface area contributed by atoms with Gasteiger partial charge in [-0.15, -0.1) is 0 Å². The summed E-state index contributed by atoms with van der Waals surface area (Å²) in [5, 5.41) is 11.4. The average Bonchev–Trinajstić information content (AvgIpc) is 3.02. The van der Waals surface area contributed by atoms with E-state index in [-0.39, 0.29) is 16.8 Å². The Kier molecular flexibility index (Phi) is 7.04. The van der Waals surface area contributed by atoms with Crippen molar-refractivity contribution in [3.8, 4) is 11.5 Å². The molecular formula is C22H24N2O8S. The summed E-state index contributed by atoms with van der Waals surface area (Å²) in [7, 11) is -2.18. The first kappa shape index (κ1) is 24.2. The number of methoxy groups -OCH3 is 1. The number of aliphatic hydroxyl groups excluding tert-OH is 1. The van der Waals surface area contributed by atoms with Gasteiger partial charge < -0.3 is 19.9 Å². The summed E-state index contributed by atoms with van der Waals surface area (Å²) in [6.07, 6.45) is 1.01. The molecule has 2 aromatic carbocycles. The highest BCUT2D eigenvalue weighted by Gasteiger charge is 2.43. The fourth-order valence-electron chi connectivity index (χ4n) is 3.66. The van der Waals surface area contributed by atoms with Gasteiger partial charge in [-0.05, 0) is 36.8 Å². The number of nitrogens with zero attached hydrogens (tertiary/aromatic N) is 1. The molecule has 3 rings (SSSR count). The van der Waals surface area contributed by atoms with Crippen LogP contribution < -0.4 is 14.8 Å². The number of nitrogens with one attached hydrogen (secondary N) is 1. The van der Waals surface area contributed by atoms with Crippen LogP contribution in [0.5, 0.6) is 11.5 Å². The zero-order valence-electron chi connectivity index (χ0n) is 18.3. The van der Waals surface area contributed by atoms with Crippen molar-refractivity contribution >= 4 is 33.2 Å². The van der Waals surface area contributed by atoms with Crippen molar-refractivity contribution in [2.45, 2.75) is 13.0 Å². The van der Waals surface area contributed by atoms with E-state index in [1.54, 1.807) is 19.1 Å². The lowest BCUT2D eigenvalue weighted by molar-refractivity contribution is -0.118. The molecule has 1 aliphatic rings. The van der Waals surface area contributed by atoms with Gasteiger partial charge in [0.15, 0.2) is 11.5 Å². The van der Waals surface area contributed by atoms with Crippen LogP contribution in [0.3, 0.4) is 0 Å². The number of hydrogen-bond acceptors (Lipinski definition) is 8. The normalized spacial score (nSPS) is 14.1. The number of amides is 3. The van der Waals surface area contributed by atoms with Crippen LogP contribution in [-0.2, 0) is 14.6 Å². The lowest BCUT2D eigenvalue weighted by Crippen LogP contribution is -2.37. The van der Waals surface area contributed by atoms with E-state index >= 15 is 0 Å². The minimum Gasteiger partial charge on any atom is -0.493 e. The van der Waals surface area contributed by atoms with Crippen LogP contribution in [0.25, 0.3) is 0 Å². The summed E-state index contributed by atoms with van der Waals surface area (Å²) in [6.45, 7) is 1.28. The molecule has 2 N–H and O–H groups in total. The molecule has 0 aromatic heterocycles. The molecule has 1 atom stereocenters. The minimum absolute atomic E-state index is 0.0211. The summed E-state index contributed by atoms with van der Waals surface area (Å²) in [4.78, 5) is 39.2. The van der Waals surface area contributed by atoms with Gasteiger partial charge in [0, 0.05) is 6.26 Å². The topological polar surface area (TPSA) is 139 Å². The molecule has 10 nitrogen and oxygen atoms in total. The van der Waals surface area contributed by atoms with Crippen molar-refractivity contribution in [2.75, 3.05) is 37.6 Å². The molecule has 1 unspecified atom stereocenters. The first-order chi connectivity index (χ1) is 15.6. The second-order valence-electron chi connectivity index (χ2n) is 7.37. The monoisotopic (exact) mass is 476 g/mol. The summed E-state index contributed by atoms with van der Waals surface area (Å²) in [5.41, 5.74) is 0.365. The van der Waals surface area contributed by atoms with Gasteiger partial charge in [-0.25, -0.2) is 8.42 Å². The van der Waals surface area contributed by atoms with Gasteiger partial charge in [0.05, 0.1) is 42.3 Å². The first-order valence-corrected chi connectivity index (χ1v) is 12.1. The molecule has 0 radical (unpaired) electrons. The van der Waals surface area contributed by atoms with E-state index in [1.165, 1.54) is 31.4 Å². The number of aliphatic hydroxyl groups is 1. The number of carbonyl (C=O) groups excluding carboxylic acids is 3. The Labute approximate surface area is 191 Å². The molecule has 11 heteroatoms. The van der Waals surface area contributed by atoms with Gasteiger partial charge in [-0.2, -0.15) is 0 Å². The van der Waals surface area contributed by atoms with Gasteiger partial charge in [0.2, 0.25) is 5.91 Å². The van der Waals surface area contributed by atoms with Gasteiger partial charge in [-0.1, -0.05) is 12.1 Å². The number of benzene rings is 2. The molecule has 176 valence electrons. The van der Waals surface area contributed by atoms with E-state index < -0.39 is 46.0 Å². The van der Waals surface area contributed by atoms with Crippen molar-refractivity contribution < 1.29 is 37.4 Å². The Bertz CT molecular complexity index is 1210. The highest BCUT2D eigenvalue weighted by Crippen LogP contribution is 2.38. The zero-order chi connectivity index (χ0) is 24.3. The standard InChI is InChI=1S/C22H24N2O8S/c1-4-32-18-10-13(8-9-17(18)31-2)16(12-33(3,29)30)24-21(27)14-6-5-7-15(20(14)22(24)28)23-19(26)11-25/h5-10,16,25H,4,11-12H2,1-3H3,(H,23,26). The van der Waals surface area contributed by atoms with Crippen molar-refractivity contribution in [1.82, 2.24) is 4.90 Å². The number of ether oxygens (including phenoxy) is 2. The predicted octanol–water partition coefficient (Wildman–Crippen LogP) is 1.41. The smallest absolute Gasteiger partial charge is 0.264 e. The first-order valence-electron chi connectivity index (χ1n) is 10.0. The van der Waals surface area contributed by atoms with E-state index in [2.05, 4.69) is 5.32 Å². The molecule has 1 heterocycles. The minimum atomic E-state index is -3.64. The Hall–Kier alpha value is -3.44. The molecule has 0 bridgehead atoms. The number of fused-ring (bicyclic) bond motifs is 1. The molecular weight excluding hydrogens is 452 g/mol. The van der Waals surface area contributed by atoms with Gasteiger partial charge in [0.25, 0.3) is 11.8 Å². The Morgan fingerprint density at radius 3 is 2.48 bits per heavy atom. The summed E-state index contributed by atoms with van der Waals surface area (Å²) in [6, 6.07) is 7.84. The number of sulfone groups is 1. The summed E-state index contributed by atoms with van der Waals surface area (Å²) < 4.78 is 35.3. The van der Waals surface area contributed by atoms with Crippen LogP contribution >= 0.6 is 0 Å². The number of hydrogen-bond donors (Lipinski definition) is 2. The number of carbonyl (C=O) groups is 3. The fraction of sp³-hybridized carbons (Fsp3) is 0.318. The summed E-state index contributed by atoms with van der Waals surface area (Å²) in [5.74, 6) is -1.98. The lowest BCUT2D eigenvalue weighted by atomic mass is 10.1. The van der Waals surface area contributed by atoms with Crippen LogP contribution in [0, 0.1) is 0 Å². The molecule has 0 spiro atoms. The van der Waals surface area contributed by atoms with Crippen molar-refractivity contribution in [2.24, 2.45) is 0 Å². The highest BCUT2D eigenvalue weighted by molar-refractivity contribution is 7.90. The largest absolute Gasteiger partial charge is 0.493 e. The third kappa shape index (κ3) is 4.99. The van der Waals surface area contributed by atoms with E-state index in [1.807, 2.05) is 0 Å². The van der Waals surface area contributed by atoms with Crippen LogP contribution in [0.1, 0.15) is 39.2 Å². The average molecular weight is 477 g/mol. The number of anilines is 1. The molecule has 2 aromatic rings. The molecule has 3 amide bonds. The fourth-order valence-corrected chi connectivity index (χ4v) is 4.57. The third-order valence-electron chi connectivity index (χ3n) is 5.01. The maximum absolute atomic E-state index is 13.4. The zero-order valence-corrected chi connectivity index (χ0v) is 19.1. The van der Waals surface area contributed by atoms with Gasteiger partial charge in [0.1, 0.15) is 16.4 Å². The second kappa shape index (κ2) is 9.59. The van der Waals surface area contributed by atoms with E-state index in [0.29, 0.717) is 23.7 Å². The highest BCUT2D eigenvalue weighted by atomic mass is 32.2. The number of rotatable bonds is 9. The predicted molar refractivity (Wildman–Crippen MR) is 119 cm³/mol. The van der Waals surface area contributed by atoms with Crippen LogP contribution in [-0.4, -0.2) is 68.5 Å². The van der Waals surface area contributed by atoms with E-state index in [0.717, 1.165) is 11.2 Å². The van der Waals surface area contributed by atoms with Gasteiger partial charge >= 0.3 is 0 Å². The molecule has 0 saturated carbocycles. The molecule has 1 aliphatic heterocycles. The Balaban J connectivity index is 2.12. The van der Waals surface area contributed by atoms with Gasteiger partial charge in [-0.3, -0.25) is 19.3 Å². The Morgan fingerprint density at radius 2 is 1.88 bits per heavy atom. The lowest BCUT2D eigenvalue weighted by Gasteiger charge is -2.27. The van der Waals surface area contributed by atoms with E-state index in [4.69, 9.17) is 14.6 Å². The van der Waals surface area contributed by atoms with Crippen molar-refractivity contribution in [1.29, 1.82) is 0 Å². The molecule has 0 saturated heterocycles. The second-order valence-corrected chi connectivity index (χ2v) is 9.55. The van der Waals surface area contributed by atoms with Crippen LogP contribution in [0.2, 0.25) is 0 Å². The molecule has 0 aliphatic carbocycles. The van der Waals surface area contributed by atoms with Crippen LogP contribution in [0.4, 0.5) is 5.69 Å². The molecule has 0 fully saturated rings.